The highest BCUT2D eigenvalue weighted by atomic mass is 16.4. The van der Waals surface area contributed by atoms with Crippen molar-refractivity contribution in [3.8, 4) is 0 Å². The molecule has 0 amide bonds. The summed E-state index contributed by atoms with van der Waals surface area (Å²) in [6.07, 6.45) is 7.40. The molecule has 0 saturated heterocycles. The van der Waals surface area contributed by atoms with Crippen LogP contribution < -0.4 is 0 Å². The number of hydrogen-bond acceptors (Lipinski definition) is 3. The summed E-state index contributed by atoms with van der Waals surface area (Å²) in [5, 5.41) is 11.2. The molecule has 2 aromatic rings. The minimum Gasteiger partial charge on any atom is -0.442 e. The Kier molecular flexibility index (Phi) is 4.55. The molecule has 2 rings (SSSR count). The summed E-state index contributed by atoms with van der Waals surface area (Å²) in [4.78, 5) is 4.23. The van der Waals surface area contributed by atoms with Gasteiger partial charge in [-0.15, -0.1) is 0 Å². The Hall–Kier alpha value is -2.39. The van der Waals surface area contributed by atoms with Gasteiger partial charge < -0.3 is 9.52 Å². The van der Waals surface area contributed by atoms with E-state index in [9.17, 15) is 5.11 Å². The zero-order valence-corrected chi connectivity index (χ0v) is 12.1. The molecule has 0 fully saturated rings. The molecule has 0 saturated carbocycles. The predicted octanol–water partition coefficient (Wildman–Crippen LogP) is 3.77. The number of aliphatic hydroxyl groups is 1. The molecular formula is C18H19NO2. The van der Waals surface area contributed by atoms with Gasteiger partial charge in [-0.2, -0.15) is 0 Å². The predicted molar refractivity (Wildman–Crippen MR) is 83.8 cm³/mol. The van der Waals surface area contributed by atoms with Gasteiger partial charge in [-0.1, -0.05) is 68.6 Å². The Bertz CT molecular complexity index is 655. The topological polar surface area (TPSA) is 46.3 Å². The SMILES string of the molecule is C=C/C=C\C(=C)C(O)(c1ccccc1)c1ncc(CC)o1. The van der Waals surface area contributed by atoms with Crippen molar-refractivity contribution in [1.29, 1.82) is 0 Å². The van der Waals surface area contributed by atoms with E-state index in [1.54, 1.807) is 24.4 Å². The van der Waals surface area contributed by atoms with Crippen LogP contribution in [0.1, 0.15) is 24.1 Å². The van der Waals surface area contributed by atoms with Gasteiger partial charge in [0.2, 0.25) is 5.89 Å². The van der Waals surface area contributed by atoms with E-state index in [4.69, 9.17) is 4.42 Å². The molecule has 21 heavy (non-hydrogen) atoms. The summed E-state index contributed by atoms with van der Waals surface area (Å²) >= 11 is 0. The smallest absolute Gasteiger partial charge is 0.235 e. The lowest BCUT2D eigenvalue weighted by Crippen LogP contribution is -2.29. The summed E-state index contributed by atoms with van der Waals surface area (Å²) in [7, 11) is 0. The van der Waals surface area contributed by atoms with Crippen LogP contribution in [0.5, 0.6) is 0 Å². The molecule has 1 atom stereocenters. The Morgan fingerprint density at radius 2 is 2.10 bits per heavy atom. The van der Waals surface area contributed by atoms with Gasteiger partial charge in [0.1, 0.15) is 5.76 Å². The van der Waals surface area contributed by atoms with Crippen LogP contribution in [0.25, 0.3) is 0 Å². The minimum absolute atomic E-state index is 0.226. The first-order valence-corrected chi connectivity index (χ1v) is 6.84. The van der Waals surface area contributed by atoms with E-state index in [0.29, 0.717) is 17.6 Å². The van der Waals surface area contributed by atoms with Gasteiger partial charge in [0.05, 0.1) is 6.20 Å². The van der Waals surface area contributed by atoms with Crippen molar-refractivity contribution in [2.75, 3.05) is 0 Å². The molecule has 0 aliphatic rings. The van der Waals surface area contributed by atoms with E-state index in [2.05, 4.69) is 18.1 Å². The fourth-order valence-electron chi connectivity index (χ4n) is 2.07. The number of rotatable bonds is 6. The van der Waals surface area contributed by atoms with Gasteiger partial charge >= 0.3 is 0 Å². The Balaban J connectivity index is 2.55. The lowest BCUT2D eigenvalue weighted by atomic mass is 9.86. The van der Waals surface area contributed by atoms with E-state index < -0.39 is 5.60 Å². The number of benzene rings is 1. The maximum Gasteiger partial charge on any atom is 0.235 e. The summed E-state index contributed by atoms with van der Waals surface area (Å²) < 4.78 is 5.67. The lowest BCUT2D eigenvalue weighted by molar-refractivity contribution is 0.0912. The van der Waals surface area contributed by atoms with E-state index in [0.717, 1.165) is 5.76 Å². The summed E-state index contributed by atoms with van der Waals surface area (Å²) in [5.41, 5.74) is -0.361. The van der Waals surface area contributed by atoms with Gasteiger partial charge in [0.15, 0.2) is 5.60 Å². The maximum atomic E-state index is 11.2. The average Bonchev–Trinajstić information content (AvgIpc) is 3.02. The zero-order chi connectivity index (χ0) is 15.3. The molecule has 1 N–H and O–H groups in total. The number of aryl methyl sites for hydroxylation is 1. The number of allylic oxidation sites excluding steroid dienone is 2. The van der Waals surface area contributed by atoms with Crippen LogP contribution in [-0.4, -0.2) is 10.1 Å². The van der Waals surface area contributed by atoms with Crippen molar-refractivity contribution in [2.45, 2.75) is 18.9 Å². The van der Waals surface area contributed by atoms with Gasteiger partial charge in [0, 0.05) is 6.42 Å². The first-order valence-electron chi connectivity index (χ1n) is 6.84. The van der Waals surface area contributed by atoms with Crippen molar-refractivity contribution in [3.05, 3.63) is 90.7 Å². The quantitative estimate of drug-likeness (QED) is 0.820. The van der Waals surface area contributed by atoms with Crippen LogP contribution in [0, 0.1) is 0 Å². The number of aromatic nitrogens is 1. The zero-order valence-electron chi connectivity index (χ0n) is 12.1. The molecule has 0 radical (unpaired) electrons. The van der Waals surface area contributed by atoms with Crippen molar-refractivity contribution < 1.29 is 9.52 Å². The van der Waals surface area contributed by atoms with E-state index in [-0.39, 0.29) is 5.89 Å². The molecule has 0 aliphatic heterocycles. The standard InChI is InChI=1S/C18H19NO2/c1-4-6-10-14(3)18(20,15-11-8-7-9-12-15)17-19-13-16(5-2)21-17/h4,6-13,20H,1,3,5H2,2H3/b10-6-. The first-order chi connectivity index (χ1) is 10.1. The molecular weight excluding hydrogens is 262 g/mol. The van der Waals surface area contributed by atoms with Crippen LogP contribution in [0.3, 0.4) is 0 Å². The molecule has 1 aromatic carbocycles. The Labute approximate surface area is 125 Å². The largest absolute Gasteiger partial charge is 0.442 e. The second-order valence-electron chi connectivity index (χ2n) is 4.68. The van der Waals surface area contributed by atoms with E-state index in [1.807, 2.05) is 37.3 Å². The molecule has 108 valence electrons. The summed E-state index contributed by atoms with van der Waals surface area (Å²) in [6, 6.07) is 9.24. The van der Waals surface area contributed by atoms with Crippen molar-refractivity contribution in [1.82, 2.24) is 4.98 Å². The molecule has 0 spiro atoms. The van der Waals surface area contributed by atoms with Gasteiger partial charge in [0.25, 0.3) is 0 Å². The molecule has 0 bridgehead atoms. The number of nitrogens with zero attached hydrogens (tertiary/aromatic N) is 1. The number of oxazole rings is 1. The van der Waals surface area contributed by atoms with Crippen molar-refractivity contribution in [2.24, 2.45) is 0 Å². The number of hydrogen-bond donors (Lipinski definition) is 1. The molecule has 0 aliphatic carbocycles. The highest BCUT2D eigenvalue weighted by Crippen LogP contribution is 2.36. The van der Waals surface area contributed by atoms with Crippen LogP contribution >= 0.6 is 0 Å². The van der Waals surface area contributed by atoms with Crippen LogP contribution in [0.15, 0.2) is 77.9 Å². The van der Waals surface area contributed by atoms with Gasteiger partial charge in [-0.3, -0.25) is 0 Å². The maximum absolute atomic E-state index is 11.2. The lowest BCUT2D eigenvalue weighted by Gasteiger charge is -2.26. The van der Waals surface area contributed by atoms with Crippen LogP contribution in [0.4, 0.5) is 0 Å². The van der Waals surface area contributed by atoms with E-state index in [1.165, 1.54) is 0 Å². The summed E-state index contributed by atoms with van der Waals surface area (Å²) in [5.74, 6) is 0.948. The first kappa shape index (κ1) is 15.0. The Morgan fingerprint density at radius 3 is 2.67 bits per heavy atom. The molecule has 1 unspecified atom stereocenters. The fraction of sp³-hybridized carbons (Fsp3) is 0.167. The van der Waals surface area contributed by atoms with Crippen molar-refractivity contribution in [3.63, 3.8) is 0 Å². The minimum atomic E-state index is -1.49. The third-order valence-electron chi connectivity index (χ3n) is 3.30. The Morgan fingerprint density at radius 1 is 1.38 bits per heavy atom. The molecule has 3 nitrogen and oxygen atoms in total. The highest BCUT2D eigenvalue weighted by molar-refractivity contribution is 5.43. The van der Waals surface area contributed by atoms with Crippen molar-refractivity contribution >= 4 is 0 Å². The third-order valence-corrected chi connectivity index (χ3v) is 3.30. The van der Waals surface area contributed by atoms with Crippen LogP contribution in [0.2, 0.25) is 0 Å². The monoisotopic (exact) mass is 281 g/mol. The molecule has 3 heteroatoms. The fourth-order valence-corrected chi connectivity index (χ4v) is 2.07. The highest BCUT2D eigenvalue weighted by Gasteiger charge is 2.38. The molecule has 1 aromatic heterocycles. The van der Waals surface area contributed by atoms with Gasteiger partial charge in [-0.05, 0) is 11.1 Å². The van der Waals surface area contributed by atoms with Gasteiger partial charge in [-0.25, -0.2) is 4.98 Å². The summed E-state index contributed by atoms with van der Waals surface area (Å²) in [6.45, 7) is 9.57. The molecule has 1 heterocycles. The normalized spacial score (nSPS) is 14.0. The second kappa shape index (κ2) is 6.37. The second-order valence-corrected chi connectivity index (χ2v) is 4.68. The van der Waals surface area contributed by atoms with Crippen LogP contribution in [-0.2, 0) is 12.0 Å². The average molecular weight is 281 g/mol. The third kappa shape index (κ3) is 2.88. The van der Waals surface area contributed by atoms with E-state index >= 15 is 0 Å².